The van der Waals surface area contributed by atoms with E-state index in [2.05, 4.69) is 14.8 Å². The molecule has 0 aliphatic carbocycles. The van der Waals surface area contributed by atoms with Gasteiger partial charge in [0.1, 0.15) is 6.61 Å². The van der Waals surface area contributed by atoms with Gasteiger partial charge in [-0.3, -0.25) is 4.79 Å². The Bertz CT molecular complexity index is 1280. The van der Waals surface area contributed by atoms with Gasteiger partial charge in [-0.2, -0.15) is 0 Å². The lowest BCUT2D eigenvalue weighted by Crippen LogP contribution is -2.33. The Labute approximate surface area is 195 Å². The number of ether oxygens (including phenoxy) is 2. The molecule has 0 radical (unpaired) electrons. The maximum atomic E-state index is 13.0. The van der Waals surface area contributed by atoms with Gasteiger partial charge in [0.25, 0.3) is 5.22 Å². The fourth-order valence-corrected chi connectivity index (χ4v) is 4.54. The Kier molecular flexibility index (Phi) is 5.92. The molecule has 0 bridgehead atoms. The molecule has 3 heterocycles. The Morgan fingerprint density at radius 1 is 1.06 bits per heavy atom. The van der Waals surface area contributed by atoms with Crippen molar-refractivity contribution in [2.75, 3.05) is 12.4 Å². The van der Waals surface area contributed by atoms with Crippen LogP contribution in [-0.2, 0) is 6.54 Å². The molecule has 5 rings (SSSR count). The van der Waals surface area contributed by atoms with Crippen molar-refractivity contribution >= 4 is 17.5 Å². The van der Waals surface area contributed by atoms with Gasteiger partial charge in [-0.05, 0) is 44.2 Å². The number of thioether (sulfide) groups is 1. The molecule has 1 aliphatic heterocycles. The topological polar surface area (TPSA) is 79.4 Å². The number of Topliss-reactive ketones (excluding diaryl/α,β-unsaturated/α-hetero) is 1. The monoisotopic (exact) mass is 461 g/mol. The summed E-state index contributed by atoms with van der Waals surface area (Å²) in [6.07, 6.45) is -0.128. The van der Waals surface area contributed by atoms with E-state index in [-0.39, 0.29) is 17.6 Å². The first-order chi connectivity index (χ1) is 16.1. The number of hydrogen-bond donors (Lipinski definition) is 0. The Hall–Kier alpha value is -3.52. The fourth-order valence-electron chi connectivity index (χ4n) is 3.89. The first-order valence-electron chi connectivity index (χ1n) is 10.7. The van der Waals surface area contributed by atoms with Gasteiger partial charge >= 0.3 is 0 Å². The Balaban J connectivity index is 1.24. The third-order valence-corrected chi connectivity index (χ3v) is 6.40. The summed E-state index contributed by atoms with van der Waals surface area (Å²) in [5.41, 5.74) is 3.46. The highest BCUT2D eigenvalue weighted by Crippen LogP contribution is 2.32. The van der Waals surface area contributed by atoms with Crippen LogP contribution in [0.2, 0.25) is 0 Å². The molecule has 0 saturated carbocycles. The molecule has 168 valence electrons. The van der Waals surface area contributed by atoms with Crippen LogP contribution in [0.25, 0.3) is 11.5 Å². The smallest absolute Gasteiger partial charge is 0.277 e. The number of benzene rings is 2. The normalized spacial score (nSPS) is 14.9. The summed E-state index contributed by atoms with van der Waals surface area (Å²) in [5.74, 6) is 2.19. The van der Waals surface area contributed by atoms with E-state index in [1.54, 1.807) is 0 Å². The zero-order valence-electron chi connectivity index (χ0n) is 18.4. The maximum Gasteiger partial charge on any atom is 0.277 e. The van der Waals surface area contributed by atoms with E-state index in [4.69, 9.17) is 13.9 Å². The predicted molar refractivity (Wildman–Crippen MR) is 125 cm³/mol. The van der Waals surface area contributed by atoms with Crippen molar-refractivity contribution in [1.29, 1.82) is 0 Å². The second-order valence-corrected chi connectivity index (χ2v) is 8.77. The number of hydrogen-bond acceptors (Lipinski definition) is 7. The molecule has 7 nitrogen and oxygen atoms in total. The van der Waals surface area contributed by atoms with Crippen molar-refractivity contribution in [3.8, 4) is 23.0 Å². The molecule has 2 aromatic heterocycles. The third-order valence-electron chi connectivity index (χ3n) is 5.58. The number of fused-ring (bicyclic) bond motifs is 1. The van der Waals surface area contributed by atoms with Crippen molar-refractivity contribution in [3.63, 3.8) is 0 Å². The van der Waals surface area contributed by atoms with Crippen LogP contribution in [0.4, 0.5) is 0 Å². The van der Waals surface area contributed by atoms with Gasteiger partial charge in [-0.15, -0.1) is 10.2 Å². The van der Waals surface area contributed by atoms with Gasteiger partial charge in [0.15, 0.2) is 23.4 Å². The van der Waals surface area contributed by atoms with E-state index < -0.39 is 0 Å². The maximum absolute atomic E-state index is 13.0. The van der Waals surface area contributed by atoms with Crippen molar-refractivity contribution in [3.05, 3.63) is 77.6 Å². The SMILES string of the molecule is Cc1cc(C(=O)CSc2nnc(-c3ccccc3)o2)c(C)n1C[C@@H]1COc2ccccc2O1. The molecular formula is C25H23N3O4S. The second kappa shape index (κ2) is 9.15. The van der Waals surface area contributed by atoms with Crippen molar-refractivity contribution in [2.45, 2.75) is 31.7 Å². The molecule has 1 atom stereocenters. The lowest BCUT2D eigenvalue weighted by atomic mass is 10.2. The molecular weight excluding hydrogens is 438 g/mol. The number of ketones is 1. The molecule has 0 spiro atoms. The van der Waals surface area contributed by atoms with E-state index >= 15 is 0 Å². The summed E-state index contributed by atoms with van der Waals surface area (Å²) in [6.45, 7) is 5.03. The molecule has 8 heteroatoms. The lowest BCUT2D eigenvalue weighted by molar-refractivity contribution is 0.0777. The summed E-state index contributed by atoms with van der Waals surface area (Å²) in [7, 11) is 0. The van der Waals surface area contributed by atoms with Crippen LogP contribution in [0.1, 0.15) is 21.7 Å². The number of nitrogens with zero attached hydrogens (tertiary/aromatic N) is 3. The van der Waals surface area contributed by atoms with E-state index in [0.29, 0.717) is 29.8 Å². The predicted octanol–water partition coefficient (Wildman–Crippen LogP) is 4.97. The molecule has 1 aliphatic rings. The highest BCUT2D eigenvalue weighted by atomic mass is 32.2. The molecule has 0 amide bonds. The van der Waals surface area contributed by atoms with E-state index in [1.165, 1.54) is 11.8 Å². The zero-order chi connectivity index (χ0) is 22.8. The molecule has 0 fully saturated rings. The highest BCUT2D eigenvalue weighted by Gasteiger charge is 2.24. The second-order valence-electron chi connectivity index (χ2n) is 7.84. The average molecular weight is 462 g/mol. The zero-order valence-corrected chi connectivity index (χ0v) is 19.2. The number of para-hydroxylation sites is 2. The van der Waals surface area contributed by atoms with Crippen LogP contribution in [0.5, 0.6) is 11.5 Å². The Morgan fingerprint density at radius 2 is 1.82 bits per heavy atom. The molecule has 0 saturated heterocycles. The molecule has 2 aromatic carbocycles. The molecule has 0 N–H and O–H groups in total. The van der Waals surface area contributed by atoms with E-state index in [1.807, 2.05) is 74.5 Å². The molecule has 0 unspecified atom stereocenters. The number of aryl methyl sites for hydroxylation is 1. The van der Waals surface area contributed by atoms with Gasteiger partial charge < -0.3 is 18.5 Å². The van der Waals surface area contributed by atoms with Gasteiger partial charge in [-0.1, -0.05) is 42.1 Å². The minimum Gasteiger partial charge on any atom is -0.486 e. The standard InChI is InChI=1S/C25H23N3O4S/c1-16-12-20(17(2)28(16)13-19-14-30-22-10-6-7-11-23(22)31-19)21(29)15-33-25-27-26-24(32-25)18-8-4-3-5-9-18/h3-12,19H,13-15H2,1-2H3/t19-/m1/s1. The summed E-state index contributed by atoms with van der Waals surface area (Å²) < 4.78 is 19.7. The van der Waals surface area contributed by atoms with Crippen LogP contribution >= 0.6 is 11.8 Å². The summed E-state index contributed by atoms with van der Waals surface area (Å²) >= 11 is 1.25. The van der Waals surface area contributed by atoms with Crippen molar-refractivity contribution in [2.24, 2.45) is 0 Å². The number of carbonyl (C=O) groups excluding carboxylic acids is 1. The van der Waals surface area contributed by atoms with E-state index in [0.717, 1.165) is 28.5 Å². The minimum atomic E-state index is -0.128. The summed E-state index contributed by atoms with van der Waals surface area (Å²) in [6, 6.07) is 19.2. The van der Waals surface area contributed by atoms with Crippen LogP contribution in [-0.4, -0.2) is 39.0 Å². The summed E-state index contributed by atoms with van der Waals surface area (Å²) in [4.78, 5) is 13.0. The van der Waals surface area contributed by atoms with Crippen LogP contribution in [0.3, 0.4) is 0 Å². The van der Waals surface area contributed by atoms with Crippen molar-refractivity contribution in [1.82, 2.24) is 14.8 Å². The lowest BCUT2D eigenvalue weighted by Gasteiger charge is -2.27. The average Bonchev–Trinajstić information content (AvgIpc) is 3.43. The first-order valence-corrected chi connectivity index (χ1v) is 11.7. The van der Waals surface area contributed by atoms with Crippen LogP contribution < -0.4 is 9.47 Å². The minimum absolute atomic E-state index is 0.0185. The number of rotatable bonds is 7. The molecule has 33 heavy (non-hydrogen) atoms. The first kappa shape index (κ1) is 21.3. The third kappa shape index (κ3) is 4.52. The van der Waals surface area contributed by atoms with Gasteiger partial charge in [0.05, 0.1) is 12.3 Å². The Morgan fingerprint density at radius 3 is 2.64 bits per heavy atom. The van der Waals surface area contributed by atoms with Gasteiger partial charge in [-0.25, -0.2) is 0 Å². The highest BCUT2D eigenvalue weighted by molar-refractivity contribution is 7.99. The van der Waals surface area contributed by atoms with Crippen LogP contribution in [0.15, 0.2) is 70.3 Å². The van der Waals surface area contributed by atoms with Crippen LogP contribution in [0, 0.1) is 13.8 Å². The van der Waals surface area contributed by atoms with Gasteiger partial charge in [0, 0.05) is 22.5 Å². The number of carbonyl (C=O) groups is 1. The number of aromatic nitrogens is 3. The fraction of sp³-hybridized carbons (Fsp3) is 0.240. The largest absolute Gasteiger partial charge is 0.486 e. The van der Waals surface area contributed by atoms with Gasteiger partial charge in [0.2, 0.25) is 5.89 Å². The molecule has 4 aromatic rings. The quantitative estimate of drug-likeness (QED) is 0.284. The van der Waals surface area contributed by atoms with Crippen molar-refractivity contribution < 1.29 is 18.7 Å². The summed E-state index contributed by atoms with van der Waals surface area (Å²) in [5, 5.41) is 8.51. The van der Waals surface area contributed by atoms with E-state index in [9.17, 15) is 4.79 Å².